The Hall–Kier alpha value is -0.860. The zero-order chi connectivity index (χ0) is 12.4. The fraction of sp³-hybridized carbons (Fsp3) is 0.562. The highest BCUT2D eigenvalue weighted by Crippen LogP contribution is 2.26. The highest BCUT2D eigenvalue weighted by Gasteiger charge is 2.19. The van der Waals surface area contributed by atoms with Gasteiger partial charge in [0.15, 0.2) is 0 Å². The van der Waals surface area contributed by atoms with Crippen molar-refractivity contribution in [2.75, 3.05) is 13.1 Å². The van der Waals surface area contributed by atoms with Crippen LogP contribution in [0.2, 0.25) is 0 Å². The summed E-state index contributed by atoms with van der Waals surface area (Å²) < 4.78 is 0. The molecule has 0 spiro atoms. The molecule has 1 saturated heterocycles. The van der Waals surface area contributed by atoms with E-state index in [1.807, 2.05) is 0 Å². The summed E-state index contributed by atoms with van der Waals surface area (Å²) in [5.41, 5.74) is 10.7. The van der Waals surface area contributed by atoms with E-state index in [0.29, 0.717) is 0 Å². The predicted molar refractivity (Wildman–Crippen MR) is 75.1 cm³/mol. The van der Waals surface area contributed by atoms with Gasteiger partial charge in [0.2, 0.25) is 0 Å². The smallest absolute Gasteiger partial charge is 0.0835 e. The summed E-state index contributed by atoms with van der Waals surface area (Å²) in [6.45, 7) is 2.31. The summed E-state index contributed by atoms with van der Waals surface area (Å²) >= 11 is 0. The lowest BCUT2D eigenvalue weighted by Crippen LogP contribution is -2.38. The van der Waals surface area contributed by atoms with Crippen molar-refractivity contribution in [1.82, 2.24) is 4.90 Å². The standard InChI is InChI=1S/C16H23N2/c17-16(18-10-4-1-5-11-18)15-9-8-13-6-2-3-7-14(13)12-15/h3,8-9,12,16H,1-2,4-7,10-11,17H2. The van der Waals surface area contributed by atoms with Crippen molar-refractivity contribution in [2.45, 2.75) is 44.7 Å². The first kappa shape index (κ1) is 12.2. The molecule has 1 aliphatic heterocycles. The number of hydrogen-bond donors (Lipinski definition) is 1. The summed E-state index contributed by atoms with van der Waals surface area (Å²) in [6.07, 6.45) is 9.99. The van der Waals surface area contributed by atoms with Crippen molar-refractivity contribution >= 4 is 0 Å². The van der Waals surface area contributed by atoms with Crippen molar-refractivity contribution in [1.29, 1.82) is 0 Å². The molecule has 97 valence electrons. The van der Waals surface area contributed by atoms with Gasteiger partial charge in [-0.15, -0.1) is 0 Å². The summed E-state index contributed by atoms with van der Waals surface area (Å²) in [6, 6.07) is 6.87. The third kappa shape index (κ3) is 2.45. The molecule has 3 rings (SSSR count). The molecule has 1 aliphatic carbocycles. The summed E-state index contributed by atoms with van der Waals surface area (Å²) in [5, 5.41) is 0. The van der Waals surface area contributed by atoms with Crippen molar-refractivity contribution in [2.24, 2.45) is 5.73 Å². The molecule has 1 unspecified atom stereocenters. The molecular weight excluding hydrogens is 220 g/mol. The van der Waals surface area contributed by atoms with Gasteiger partial charge >= 0.3 is 0 Å². The van der Waals surface area contributed by atoms with Crippen molar-refractivity contribution in [3.05, 3.63) is 41.3 Å². The second-order valence-corrected chi connectivity index (χ2v) is 5.60. The maximum atomic E-state index is 6.42. The molecule has 18 heavy (non-hydrogen) atoms. The zero-order valence-corrected chi connectivity index (χ0v) is 11.1. The van der Waals surface area contributed by atoms with Crippen LogP contribution in [0.15, 0.2) is 18.2 Å². The van der Waals surface area contributed by atoms with Gasteiger partial charge in [-0.1, -0.05) is 24.6 Å². The molecule has 0 bridgehead atoms. The van der Waals surface area contributed by atoms with Crippen LogP contribution in [-0.4, -0.2) is 18.0 Å². The number of nitrogens with zero attached hydrogens (tertiary/aromatic N) is 1. The lowest BCUT2D eigenvalue weighted by molar-refractivity contribution is 0.167. The number of likely N-dealkylation sites (tertiary alicyclic amines) is 1. The highest BCUT2D eigenvalue weighted by molar-refractivity contribution is 5.36. The van der Waals surface area contributed by atoms with Crippen LogP contribution in [0, 0.1) is 6.42 Å². The van der Waals surface area contributed by atoms with E-state index in [-0.39, 0.29) is 6.17 Å². The van der Waals surface area contributed by atoms with Crippen molar-refractivity contribution in [3.8, 4) is 0 Å². The molecule has 1 radical (unpaired) electrons. The van der Waals surface area contributed by atoms with E-state index in [1.54, 1.807) is 0 Å². The molecule has 1 aromatic rings. The van der Waals surface area contributed by atoms with E-state index in [1.165, 1.54) is 48.8 Å². The molecule has 1 fully saturated rings. The molecule has 2 heteroatoms. The number of piperidine rings is 1. The van der Waals surface area contributed by atoms with E-state index in [4.69, 9.17) is 5.73 Å². The average molecular weight is 243 g/mol. The van der Waals surface area contributed by atoms with Gasteiger partial charge in [0, 0.05) is 0 Å². The maximum Gasteiger partial charge on any atom is 0.0835 e. The predicted octanol–water partition coefficient (Wildman–Crippen LogP) is 2.82. The van der Waals surface area contributed by atoms with E-state index in [2.05, 4.69) is 29.5 Å². The number of benzene rings is 1. The van der Waals surface area contributed by atoms with E-state index >= 15 is 0 Å². The second-order valence-electron chi connectivity index (χ2n) is 5.60. The monoisotopic (exact) mass is 243 g/mol. The van der Waals surface area contributed by atoms with Crippen LogP contribution in [0.25, 0.3) is 0 Å². The molecule has 2 aliphatic rings. The Morgan fingerprint density at radius 3 is 2.72 bits per heavy atom. The molecule has 0 saturated carbocycles. The van der Waals surface area contributed by atoms with Crippen molar-refractivity contribution in [3.63, 3.8) is 0 Å². The van der Waals surface area contributed by atoms with Crippen LogP contribution in [0.5, 0.6) is 0 Å². The Morgan fingerprint density at radius 1 is 1.06 bits per heavy atom. The number of hydrogen-bond acceptors (Lipinski definition) is 2. The number of rotatable bonds is 2. The van der Waals surface area contributed by atoms with Gasteiger partial charge in [-0.2, -0.15) is 0 Å². The normalized spacial score (nSPS) is 22.5. The lowest BCUT2D eigenvalue weighted by atomic mass is 9.90. The molecule has 1 aromatic carbocycles. The maximum absolute atomic E-state index is 6.42. The minimum Gasteiger partial charge on any atom is -0.312 e. The van der Waals surface area contributed by atoms with Gasteiger partial charge in [-0.3, -0.25) is 4.90 Å². The first-order chi connectivity index (χ1) is 8.84. The van der Waals surface area contributed by atoms with Gasteiger partial charge in [-0.05, 0) is 68.3 Å². The summed E-state index contributed by atoms with van der Waals surface area (Å²) in [5.74, 6) is 0. The minimum absolute atomic E-state index is 0.0949. The van der Waals surface area contributed by atoms with E-state index in [9.17, 15) is 0 Å². The largest absolute Gasteiger partial charge is 0.312 e. The summed E-state index contributed by atoms with van der Waals surface area (Å²) in [7, 11) is 0. The topological polar surface area (TPSA) is 29.3 Å². The SMILES string of the molecule is NC(c1ccc2c(c1)C[CH]CC2)N1CCCCC1. The quantitative estimate of drug-likeness (QED) is 0.865. The van der Waals surface area contributed by atoms with Crippen LogP contribution in [0.3, 0.4) is 0 Å². The number of fused-ring (bicyclic) bond motifs is 1. The van der Waals surface area contributed by atoms with Crippen LogP contribution in [0.1, 0.15) is 48.5 Å². The molecule has 1 heterocycles. The Morgan fingerprint density at radius 2 is 1.89 bits per heavy atom. The average Bonchev–Trinajstić information content (AvgIpc) is 2.47. The summed E-state index contributed by atoms with van der Waals surface area (Å²) in [4.78, 5) is 2.43. The van der Waals surface area contributed by atoms with Gasteiger partial charge < -0.3 is 5.73 Å². The highest BCUT2D eigenvalue weighted by atomic mass is 15.2. The lowest BCUT2D eigenvalue weighted by Gasteiger charge is -2.32. The second kappa shape index (κ2) is 5.41. The molecule has 0 aromatic heterocycles. The van der Waals surface area contributed by atoms with Crippen molar-refractivity contribution < 1.29 is 0 Å². The van der Waals surface area contributed by atoms with E-state index in [0.717, 1.165) is 19.5 Å². The molecule has 2 nitrogen and oxygen atoms in total. The fourth-order valence-corrected chi connectivity index (χ4v) is 3.19. The Labute approximate surface area is 110 Å². The van der Waals surface area contributed by atoms with Crippen LogP contribution in [0.4, 0.5) is 0 Å². The van der Waals surface area contributed by atoms with Gasteiger partial charge in [-0.25, -0.2) is 0 Å². The molecular formula is C16H23N2. The van der Waals surface area contributed by atoms with Gasteiger partial charge in [0.1, 0.15) is 0 Å². The van der Waals surface area contributed by atoms with Crippen LogP contribution >= 0.6 is 0 Å². The fourth-order valence-electron chi connectivity index (χ4n) is 3.19. The molecule has 2 N–H and O–H groups in total. The van der Waals surface area contributed by atoms with Gasteiger partial charge in [0.05, 0.1) is 6.17 Å². The van der Waals surface area contributed by atoms with Gasteiger partial charge in [0.25, 0.3) is 0 Å². The Balaban J connectivity index is 1.78. The number of nitrogens with two attached hydrogens (primary N) is 1. The first-order valence-corrected chi connectivity index (χ1v) is 7.27. The van der Waals surface area contributed by atoms with Crippen LogP contribution < -0.4 is 5.73 Å². The third-order valence-corrected chi connectivity index (χ3v) is 4.34. The first-order valence-electron chi connectivity index (χ1n) is 7.27. The Bertz CT molecular complexity index is 408. The molecule has 0 amide bonds. The zero-order valence-electron chi connectivity index (χ0n) is 11.1. The number of aryl methyl sites for hydroxylation is 1. The minimum atomic E-state index is 0.0949. The third-order valence-electron chi connectivity index (χ3n) is 4.34. The van der Waals surface area contributed by atoms with E-state index < -0.39 is 0 Å². The van der Waals surface area contributed by atoms with Crippen LogP contribution in [-0.2, 0) is 12.8 Å². The molecule has 1 atom stereocenters. The Kier molecular flexibility index (Phi) is 3.67.